The fourth-order valence-electron chi connectivity index (χ4n) is 2.49. The van der Waals surface area contributed by atoms with Gasteiger partial charge in [-0.15, -0.1) is 0 Å². The van der Waals surface area contributed by atoms with Crippen LogP contribution >= 0.6 is 11.6 Å². The normalized spacial score (nSPS) is 16.0. The van der Waals surface area contributed by atoms with E-state index in [1.54, 1.807) is 0 Å². The van der Waals surface area contributed by atoms with Crippen molar-refractivity contribution in [2.75, 3.05) is 25.5 Å². The van der Waals surface area contributed by atoms with Crippen LogP contribution in [0.3, 0.4) is 0 Å². The summed E-state index contributed by atoms with van der Waals surface area (Å²) in [6, 6.07) is 2.76. The van der Waals surface area contributed by atoms with Gasteiger partial charge in [-0.1, -0.05) is 11.6 Å². The van der Waals surface area contributed by atoms with Crippen molar-refractivity contribution in [3.05, 3.63) is 28.8 Å². The molecule has 1 fully saturated rings. The van der Waals surface area contributed by atoms with E-state index in [9.17, 15) is 22.8 Å². The highest BCUT2D eigenvalue weighted by atomic mass is 35.5. The van der Waals surface area contributed by atoms with Gasteiger partial charge in [-0.2, -0.15) is 13.2 Å². The number of nitrogens with zero attached hydrogens (tertiary/aromatic N) is 1. The van der Waals surface area contributed by atoms with Crippen molar-refractivity contribution in [3.63, 3.8) is 0 Å². The Bertz CT molecular complexity index is 629. The first-order valence-electron chi connectivity index (χ1n) is 7.23. The first-order valence-corrected chi connectivity index (χ1v) is 7.60. The summed E-state index contributed by atoms with van der Waals surface area (Å²) in [6.45, 7) is 0.697. The molecule has 0 radical (unpaired) electrons. The van der Waals surface area contributed by atoms with Gasteiger partial charge in [0.2, 0.25) is 5.91 Å². The standard InChI is InChI=1S/C15H16ClF3N2O3/c1-24-14(23)21-6-4-9(5-7-21)13(22)20-12-8-10(15(17,18)19)2-3-11(12)16/h2-3,8-9H,4-7H2,1H3,(H,20,22). The van der Waals surface area contributed by atoms with Crippen LogP contribution in [0, 0.1) is 5.92 Å². The lowest BCUT2D eigenvalue weighted by Gasteiger charge is -2.30. The first-order chi connectivity index (χ1) is 11.2. The van der Waals surface area contributed by atoms with Crippen LogP contribution in [-0.2, 0) is 15.7 Å². The van der Waals surface area contributed by atoms with E-state index >= 15 is 0 Å². The summed E-state index contributed by atoms with van der Waals surface area (Å²) in [5.41, 5.74) is -0.963. The number of amides is 2. The summed E-state index contributed by atoms with van der Waals surface area (Å²) in [6.07, 6.45) is -4.18. The molecule has 1 saturated heterocycles. The van der Waals surface area contributed by atoms with Crippen LogP contribution in [0.25, 0.3) is 0 Å². The maximum atomic E-state index is 12.7. The zero-order chi connectivity index (χ0) is 17.9. The molecule has 1 aliphatic heterocycles. The number of halogens is 4. The van der Waals surface area contributed by atoms with E-state index in [0.717, 1.165) is 18.2 Å². The number of carbonyl (C=O) groups is 2. The average molecular weight is 365 g/mol. The molecule has 1 aliphatic rings. The van der Waals surface area contributed by atoms with Gasteiger partial charge in [0.1, 0.15) is 0 Å². The second-order valence-electron chi connectivity index (χ2n) is 5.41. The average Bonchev–Trinajstić information content (AvgIpc) is 2.55. The Labute approximate surface area is 141 Å². The summed E-state index contributed by atoms with van der Waals surface area (Å²) >= 11 is 5.86. The number of methoxy groups -OCH3 is 1. The highest BCUT2D eigenvalue weighted by Crippen LogP contribution is 2.34. The van der Waals surface area contributed by atoms with Gasteiger partial charge in [-0.25, -0.2) is 4.79 Å². The van der Waals surface area contributed by atoms with Crippen LogP contribution in [0.1, 0.15) is 18.4 Å². The third-order valence-electron chi connectivity index (χ3n) is 3.85. The van der Waals surface area contributed by atoms with Crippen molar-refractivity contribution in [3.8, 4) is 0 Å². The smallest absolute Gasteiger partial charge is 0.416 e. The largest absolute Gasteiger partial charge is 0.453 e. The molecule has 0 spiro atoms. The van der Waals surface area contributed by atoms with Crippen LogP contribution in [0.4, 0.5) is 23.7 Å². The number of anilines is 1. The van der Waals surface area contributed by atoms with E-state index in [1.807, 2.05) is 0 Å². The predicted octanol–water partition coefficient (Wildman–Crippen LogP) is 3.78. The summed E-state index contributed by atoms with van der Waals surface area (Å²) in [5, 5.41) is 2.48. The Balaban J connectivity index is 2.02. The number of alkyl halides is 3. The number of hydrogen-bond donors (Lipinski definition) is 1. The third kappa shape index (κ3) is 4.31. The molecule has 24 heavy (non-hydrogen) atoms. The van der Waals surface area contributed by atoms with Crippen LogP contribution in [0.15, 0.2) is 18.2 Å². The number of nitrogens with one attached hydrogen (secondary N) is 1. The Kier molecular flexibility index (Phi) is 5.58. The summed E-state index contributed by atoms with van der Waals surface area (Å²) < 4.78 is 42.8. The van der Waals surface area contributed by atoms with Crippen LogP contribution in [0.2, 0.25) is 5.02 Å². The van der Waals surface area contributed by atoms with E-state index in [-0.39, 0.29) is 10.7 Å². The summed E-state index contributed by atoms with van der Waals surface area (Å²) in [4.78, 5) is 25.1. The lowest BCUT2D eigenvalue weighted by atomic mass is 9.96. The van der Waals surface area contributed by atoms with Crippen LogP contribution in [0.5, 0.6) is 0 Å². The maximum Gasteiger partial charge on any atom is 0.416 e. The number of piperidine rings is 1. The van der Waals surface area contributed by atoms with E-state index < -0.39 is 29.7 Å². The van der Waals surface area contributed by atoms with E-state index in [4.69, 9.17) is 11.6 Å². The monoisotopic (exact) mass is 364 g/mol. The molecule has 1 heterocycles. The Morgan fingerprint density at radius 1 is 1.29 bits per heavy atom. The number of carbonyl (C=O) groups excluding carboxylic acids is 2. The first kappa shape index (κ1) is 18.4. The quantitative estimate of drug-likeness (QED) is 0.869. The molecule has 0 bridgehead atoms. The number of likely N-dealkylation sites (tertiary alicyclic amines) is 1. The van der Waals surface area contributed by atoms with Gasteiger partial charge in [-0.3, -0.25) is 4.79 Å². The van der Waals surface area contributed by atoms with Gasteiger partial charge >= 0.3 is 12.3 Å². The van der Waals surface area contributed by atoms with Crippen molar-refractivity contribution < 1.29 is 27.5 Å². The SMILES string of the molecule is COC(=O)N1CCC(C(=O)Nc2cc(C(F)(F)F)ccc2Cl)CC1. The molecule has 2 rings (SSSR count). The number of hydrogen-bond acceptors (Lipinski definition) is 3. The van der Waals surface area contributed by atoms with E-state index in [1.165, 1.54) is 12.0 Å². The number of benzene rings is 1. The molecule has 0 aliphatic carbocycles. The molecular weight excluding hydrogens is 349 g/mol. The van der Waals surface area contributed by atoms with E-state index in [2.05, 4.69) is 10.1 Å². The minimum absolute atomic E-state index is 0.0309. The fourth-order valence-corrected chi connectivity index (χ4v) is 2.65. The van der Waals surface area contributed by atoms with Gasteiger partial charge in [0.15, 0.2) is 0 Å². The van der Waals surface area contributed by atoms with Gasteiger partial charge in [-0.05, 0) is 31.0 Å². The van der Waals surface area contributed by atoms with Crippen LogP contribution in [-0.4, -0.2) is 37.1 Å². The molecular formula is C15H16ClF3N2O3. The Morgan fingerprint density at radius 2 is 1.92 bits per heavy atom. The lowest BCUT2D eigenvalue weighted by molar-refractivity contribution is -0.137. The molecule has 5 nitrogen and oxygen atoms in total. The molecule has 0 unspecified atom stereocenters. The molecule has 1 aromatic rings. The molecule has 9 heteroatoms. The zero-order valence-corrected chi connectivity index (χ0v) is 13.6. The zero-order valence-electron chi connectivity index (χ0n) is 12.8. The van der Waals surface area contributed by atoms with Crippen LogP contribution < -0.4 is 5.32 Å². The number of ether oxygens (including phenoxy) is 1. The Morgan fingerprint density at radius 3 is 2.46 bits per heavy atom. The van der Waals surface area contributed by atoms with Gasteiger partial charge in [0.05, 0.1) is 23.4 Å². The molecule has 2 amide bonds. The molecule has 0 aromatic heterocycles. The Hall–Kier alpha value is -1.96. The van der Waals surface area contributed by atoms with Crippen molar-refractivity contribution >= 4 is 29.3 Å². The van der Waals surface area contributed by atoms with Crippen molar-refractivity contribution in [1.29, 1.82) is 0 Å². The second kappa shape index (κ2) is 7.29. The van der Waals surface area contributed by atoms with Gasteiger partial charge in [0, 0.05) is 19.0 Å². The molecule has 1 N–H and O–H groups in total. The minimum Gasteiger partial charge on any atom is -0.453 e. The molecule has 1 aromatic carbocycles. The fraction of sp³-hybridized carbons (Fsp3) is 0.467. The summed E-state index contributed by atoms with van der Waals surface area (Å²) in [7, 11) is 1.27. The van der Waals surface area contributed by atoms with Crippen molar-refractivity contribution in [2.24, 2.45) is 5.92 Å². The third-order valence-corrected chi connectivity index (χ3v) is 4.18. The van der Waals surface area contributed by atoms with Gasteiger partial charge < -0.3 is 15.0 Å². The van der Waals surface area contributed by atoms with Crippen molar-refractivity contribution in [1.82, 2.24) is 4.90 Å². The molecule has 0 atom stereocenters. The van der Waals surface area contributed by atoms with Crippen molar-refractivity contribution in [2.45, 2.75) is 19.0 Å². The molecule has 0 saturated carbocycles. The second-order valence-corrected chi connectivity index (χ2v) is 5.82. The number of rotatable bonds is 2. The predicted molar refractivity (Wildman–Crippen MR) is 81.8 cm³/mol. The summed E-state index contributed by atoms with van der Waals surface area (Å²) in [5.74, 6) is -0.822. The minimum atomic E-state index is -4.52. The highest BCUT2D eigenvalue weighted by Gasteiger charge is 2.32. The van der Waals surface area contributed by atoms with Gasteiger partial charge in [0.25, 0.3) is 0 Å². The molecule has 132 valence electrons. The lowest BCUT2D eigenvalue weighted by Crippen LogP contribution is -2.41. The topological polar surface area (TPSA) is 58.6 Å². The van der Waals surface area contributed by atoms with E-state index in [0.29, 0.717) is 25.9 Å². The highest BCUT2D eigenvalue weighted by molar-refractivity contribution is 6.33. The maximum absolute atomic E-state index is 12.7.